The second-order valence-corrected chi connectivity index (χ2v) is 6.44. The summed E-state index contributed by atoms with van der Waals surface area (Å²) in [7, 11) is 1.95. The predicted octanol–water partition coefficient (Wildman–Crippen LogP) is 2.81. The molecule has 0 bridgehead atoms. The first-order valence-corrected chi connectivity index (χ1v) is 8.30. The molecule has 0 N–H and O–H groups in total. The molecule has 0 unspecified atom stereocenters. The Labute approximate surface area is 142 Å². The third-order valence-electron chi connectivity index (χ3n) is 4.91. The van der Waals surface area contributed by atoms with Crippen LogP contribution in [0.15, 0.2) is 24.3 Å². The summed E-state index contributed by atoms with van der Waals surface area (Å²) in [5.74, 6) is 0.143. The van der Waals surface area contributed by atoms with Crippen molar-refractivity contribution in [3.63, 3.8) is 0 Å². The van der Waals surface area contributed by atoms with Crippen molar-refractivity contribution in [2.75, 3.05) is 6.54 Å². The quantitative estimate of drug-likeness (QED) is 0.873. The van der Waals surface area contributed by atoms with E-state index in [-0.39, 0.29) is 11.9 Å². The molecule has 5 heteroatoms. The van der Waals surface area contributed by atoms with Crippen LogP contribution in [0.1, 0.15) is 47.0 Å². The van der Waals surface area contributed by atoms with E-state index >= 15 is 0 Å². The standard InChI is InChI=1S/C19H22N4O/c1-13-19(14(2)22(3)21-13)17-5-4-10-23(17)18(24)11-15-6-8-16(12-20)9-7-15/h6-9,17H,4-5,10-11H2,1-3H3/t17-/m0/s1. The number of aryl methyl sites for hydroxylation is 2. The fraction of sp³-hybridized carbons (Fsp3) is 0.421. The summed E-state index contributed by atoms with van der Waals surface area (Å²) in [5, 5.41) is 13.4. The first-order valence-electron chi connectivity index (χ1n) is 8.30. The van der Waals surface area contributed by atoms with Crippen LogP contribution in [-0.4, -0.2) is 27.1 Å². The molecule has 1 aromatic carbocycles. The smallest absolute Gasteiger partial charge is 0.227 e. The summed E-state index contributed by atoms with van der Waals surface area (Å²) in [6.07, 6.45) is 2.39. The summed E-state index contributed by atoms with van der Waals surface area (Å²) in [6, 6.07) is 9.48. The molecule has 5 nitrogen and oxygen atoms in total. The number of hydrogen-bond acceptors (Lipinski definition) is 3. The second kappa shape index (κ2) is 6.48. The number of hydrogen-bond donors (Lipinski definition) is 0. The Bertz CT molecular complexity index is 798. The Morgan fingerprint density at radius 1 is 1.33 bits per heavy atom. The van der Waals surface area contributed by atoms with Crippen LogP contribution in [0.4, 0.5) is 0 Å². The molecule has 0 spiro atoms. The van der Waals surface area contributed by atoms with Gasteiger partial charge in [-0.05, 0) is 44.4 Å². The van der Waals surface area contributed by atoms with Crippen LogP contribution in [0.5, 0.6) is 0 Å². The van der Waals surface area contributed by atoms with Crippen LogP contribution in [0.3, 0.4) is 0 Å². The number of amides is 1. The molecule has 2 aromatic rings. The summed E-state index contributed by atoms with van der Waals surface area (Å²) in [5.41, 5.74) is 4.91. The van der Waals surface area contributed by atoms with E-state index in [9.17, 15) is 4.79 Å². The van der Waals surface area contributed by atoms with Crippen LogP contribution < -0.4 is 0 Å². The number of carbonyl (C=O) groups excluding carboxylic acids is 1. The molecule has 1 atom stereocenters. The van der Waals surface area contributed by atoms with E-state index in [1.165, 1.54) is 5.56 Å². The molecular weight excluding hydrogens is 300 g/mol. The summed E-state index contributed by atoms with van der Waals surface area (Å²) in [4.78, 5) is 14.8. The highest BCUT2D eigenvalue weighted by Gasteiger charge is 2.33. The highest BCUT2D eigenvalue weighted by atomic mass is 16.2. The third-order valence-corrected chi connectivity index (χ3v) is 4.91. The lowest BCUT2D eigenvalue weighted by molar-refractivity contribution is -0.131. The first-order chi connectivity index (χ1) is 11.5. The lowest BCUT2D eigenvalue weighted by atomic mass is 10.0. The van der Waals surface area contributed by atoms with Crippen molar-refractivity contribution in [1.29, 1.82) is 5.26 Å². The van der Waals surface area contributed by atoms with Crippen molar-refractivity contribution >= 4 is 5.91 Å². The fourth-order valence-electron chi connectivity index (χ4n) is 3.61. The Hall–Kier alpha value is -2.61. The van der Waals surface area contributed by atoms with Crippen molar-refractivity contribution in [2.45, 2.75) is 39.2 Å². The minimum atomic E-state index is 0.129. The molecular formula is C19H22N4O. The Kier molecular flexibility index (Phi) is 4.39. The number of carbonyl (C=O) groups is 1. The van der Waals surface area contributed by atoms with E-state index in [4.69, 9.17) is 5.26 Å². The van der Waals surface area contributed by atoms with Gasteiger partial charge in [0.2, 0.25) is 5.91 Å². The maximum atomic E-state index is 12.8. The topological polar surface area (TPSA) is 61.9 Å². The van der Waals surface area contributed by atoms with Crippen LogP contribution in [0, 0.1) is 25.2 Å². The minimum absolute atomic E-state index is 0.129. The number of aromatic nitrogens is 2. The maximum Gasteiger partial charge on any atom is 0.227 e. The summed E-state index contributed by atoms with van der Waals surface area (Å²) in [6.45, 7) is 4.88. The number of benzene rings is 1. The zero-order chi connectivity index (χ0) is 17.3. The van der Waals surface area contributed by atoms with Crippen LogP contribution in [0.2, 0.25) is 0 Å². The Morgan fingerprint density at radius 3 is 2.62 bits per heavy atom. The SMILES string of the molecule is Cc1nn(C)c(C)c1[C@@H]1CCCN1C(=O)Cc1ccc(C#N)cc1. The molecule has 24 heavy (non-hydrogen) atoms. The monoisotopic (exact) mass is 322 g/mol. The molecule has 0 saturated carbocycles. The second-order valence-electron chi connectivity index (χ2n) is 6.44. The number of rotatable bonds is 3. The maximum absolute atomic E-state index is 12.8. The molecule has 1 aromatic heterocycles. The van der Waals surface area contributed by atoms with Gasteiger partial charge in [-0.2, -0.15) is 10.4 Å². The van der Waals surface area contributed by atoms with Crippen molar-refractivity contribution in [3.05, 3.63) is 52.3 Å². The van der Waals surface area contributed by atoms with Gasteiger partial charge in [0.15, 0.2) is 0 Å². The fourth-order valence-corrected chi connectivity index (χ4v) is 3.61. The van der Waals surface area contributed by atoms with Crippen molar-refractivity contribution in [2.24, 2.45) is 7.05 Å². The van der Waals surface area contributed by atoms with E-state index in [1.54, 1.807) is 12.1 Å². The lowest BCUT2D eigenvalue weighted by Gasteiger charge is -2.25. The van der Waals surface area contributed by atoms with Gasteiger partial charge in [-0.15, -0.1) is 0 Å². The van der Waals surface area contributed by atoms with E-state index in [1.807, 2.05) is 35.7 Å². The largest absolute Gasteiger partial charge is 0.335 e. The first kappa shape index (κ1) is 16.3. The van der Waals surface area contributed by atoms with Gasteiger partial charge in [0.05, 0.1) is 29.8 Å². The van der Waals surface area contributed by atoms with Crippen molar-refractivity contribution < 1.29 is 4.79 Å². The van der Waals surface area contributed by atoms with E-state index in [0.29, 0.717) is 12.0 Å². The van der Waals surface area contributed by atoms with Crippen LogP contribution >= 0.6 is 0 Å². The van der Waals surface area contributed by atoms with E-state index < -0.39 is 0 Å². The Balaban J connectivity index is 1.79. The Morgan fingerprint density at radius 2 is 2.04 bits per heavy atom. The number of likely N-dealkylation sites (tertiary alicyclic amines) is 1. The highest BCUT2D eigenvalue weighted by molar-refractivity contribution is 5.79. The molecule has 1 saturated heterocycles. The number of nitriles is 1. The van der Waals surface area contributed by atoms with Gasteiger partial charge >= 0.3 is 0 Å². The third kappa shape index (κ3) is 2.92. The molecule has 0 aliphatic carbocycles. The molecule has 1 aliphatic heterocycles. The van der Waals surface area contributed by atoms with Crippen molar-refractivity contribution in [3.8, 4) is 6.07 Å². The van der Waals surface area contributed by atoms with Gasteiger partial charge in [0, 0.05) is 24.8 Å². The van der Waals surface area contributed by atoms with E-state index in [0.717, 1.165) is 36.3 Å². The minimum Gasteiger partial charge on any atom is -0.335 e. The van der Waals surface area contributed by atoms with Gasteiger partial charge in [0.25, 0.3) is 0 Å². The van der Waals surface area contributed by atoms with Gasteiger partial charge in [-0.25, -0.2) is 0 Å². The van der Waals surface area contributed by atoms with Gasteiger partial charge in [0.1, 0.15) is 0 Å². The number of nitrogens with zero attached hydrogens (tertiary/aromatic N) is 4. The summed E-state index contributed by atoms with van der Waals surface area (Å²) < 4.78 is 1.90. The molecule has 124 valence electrons. The molecule has 1 fully saturated rings. The normalized spacial score (nSPS) is 17.1. The molecule has 1 aliphatic rings. The van der Waals surface area contributed by atoms with Crippen molar-refractivity contribution in [1.82, 2.24) is 14.7 Å². The van der Waals surface area contributed by atoms with Crippen LogP contribution in [0.25, 0.3) is 0 Å². The molecule has 0 radical (unpaired) electrons. The highest BCUT2D eigenvalue weighted by Crippen LogP contribution is 2.35. The van der Waals surface area contributed by atoms with Gasteiger partial charge in [-0.1, -0.05) is 12.1 Å². The molecule has 1 amide bonds. The molecule has 3 rings (SSSR count). The van der Waals surface area contributed by atoms with Crippen LogP contribution in [-0.2, 0) is 18.3 Å². The zero-order valence-corrected chi connectivity index (χ0v) is 14.4. The van der Waals surface area contributed by atoms with Gasteiger partial charge in [-0.3, -0.25) is 9.48 Å². The zero-order valence-electron chi connectivity index (χ0n) is 14.4. The molecule has 2 heterocycles. The average Bonchev–Trinajstić information content (AvgIpc) is 3.13. The lowest BCUT2D eigenvalue weighted by Crippen LogP contribution is -2.32. The average molecular weight is 322 g/mol. The summed E-state index contributed by atoms with van der Waals surface area (Å²) >= 11 is 0. The van der Waals surface area contributed by atoms with E-state index in [2.05, 4.69) is 18.1 Å². The predicted molar refractivity (Wildman–Crippen MR) is 91.2 cm³/mol. The van der Waals surface area contributed by atoms with Gasteiger partial charge < -0.3 is 4.90 Å².